The molecule has 3 aromatic heterocycles. The van der Waals surface area contributed by atoms with Crippen LogP contribution in [0.15, 0.2) is 46.3 Å². The first-order valence-electron chi connectivity index (χ1n) is 13.6. The van der Waals surface area contributed by atoms with Crippen LogP contribution in [0, 0.1) is 0 Å². The van der Waals surface area contributed by atoms with E-state index < -0.39 is 39.8 Å². The summed E-state index contributed by atoms with van der Waals surface area (Å²) in [6.45, 7) is -0.225. The highest BCUT2D eigenvalue weighted by Gasteiger charge is 2.25. The van der Waals surface area contributed by atoms with Crippen LogP contribution in [0.5, 0.6) is 5.75 Å². The zero-order valence-corrected chi connectivity index (χ0v) is 29.2. The summed E-state index contributed by atoms with van der Waals surface area (Å²) in [4.78, 5) is 79.8. The maximum Gasteiger partial charge on any atom is 0.290 e. The minimum Gasteiger partial charge on any atom is -0.505 e. The number of amides is 2. The molecule has 47 heavy (non-hydrogen) atoms. The molecule has 0 saturated heterocycles. The summed E-state index contributed by atoms with van der Waals surface area (Å²) in [5.74, 6) is -1.45. The monoisotopic (exact) mass is 779 g/mol. The number of carbonyl (C=O) groups is 2. The second kappa shape index (κ2) is 13.3. The van der Waals surface area contributed by atoms with E-state index in [1.807, 2.05) is 0 Å². The molecule has 20 heteroatoms. The van der Waals surface area contributed by atoms with Gasteiger partial charge in [0.1, 0.15) is 26.0 Å². The number of aromatic hydroxyl groups is 1. The molecule has 0 aliphatic heterocycles. The van der Waals surface area contributed by atoms with Crippen LogP contribution in [0.2, 0.25) is 0 Å². The number of nitrogen functional groups attached to an aromatic ring is 1. The van der Waals surface area contributed by atoms with E-state index >= 15 is 0 Å². The zero-order chi connectivity index (χ0) is 35.1. The van der Waals surface area contributed by atoms with Gasteiger partial charge in [0.15, 0.2) is 17.3 Å². The van der Waals surface area contributed by atoms with Gasteiger partial charge in [0.25, 0.3) is 34.1 Å². The molecule has 4 rings (SSSR count). The lowest BCUT2D eigenvalue weighted by molar-refractivity contribution is 0.0779. The van der Waals surface area contributed by atoms with Crippen LogP contribution in [0.3, 0.4) is 0 Å². The van der Waals surface area contributed by atoms with E-state index in [0.29, 0.717) is 0 Å². The Morgan fingerprint density at radius 2 is 1.60 bits per heavy atom. The van der Waals surface area contributed by atoms with Gasteiger partial charge in [-0.3, -0.25) is 38.5 Å². The molecule has 0 spiro atoms. The van der Waals surface area contributed by atoms with Crippen LogP contribution < -0.4 is 38.6 Å². The second-order valence-electron chi connectivity index (χ2n) is 10.6. The number of anilines is 5. The number of aryl methyl sites for hydroxylation is 2. The van der Waals surface area contributed by atoms with Gasteiger partial charge in [-0.05, 0) is 44.0 Å². The number of nitrogens with two attached hydrogens (primary N) is 1. The van der Waals surface area contributed by atoms with Crippen molar-refractivity contribution >= 4 is 72.2 Å². The van der Waals surface area contributed by atoms with E-state index in [0.717, 1.165) is 14.0 Å². The Morgan fingerprint density at radius 3 is 2.23 bits per heavy atom. The Kier molecular flexibility index (Phi) is 9.85. The largest absolute Gasteiger partial charge is 0.505 e. The first-order valence-corrected chi connectivity index (χ1v) is 15.2. The molecule has 0 bridgehead atoms. The van der Waals surface area contributed by atoms with Gasteiger partial charge in [-0.2, -0.15) is 5.10 Å². The summed E-state index contributed by atoms with van der Waals surface area (Å²) in [5, 5.41) is 22.8. The molecule has 0 fully saturated rings. The first-order chi connectivity index (χ1) is 22.0. The molecule has 0 unspecified atom stereocenters. The highest BCUT2D eigenvalue weighted by molar-refractivity contribution is 9.11. The highest BCUT2D eigenvalue weighted by atomic mass is 79.9. The first kappa shape index (κ1) is 34.8. The number of aromatic amines is 1. The Bertz CT molecular complexity index is 2160. The molecule has 0 saturated carbocycles. The van der Waals surface area contributed by atoms with Gasteiger partial charge < -0.3 is 31.3 Å². The molecule has 18 nitrogen and oxygen atoms in total. The van der Waals surface area contributed by atoms with E-state index in [4.69, 9.17) is 5.73 Å². The molecule has 1 aromatic carbocycles. The van der Waals surface area contributed by atoms with Crippen LogP contribution in [0.25, 0.3) is 0 Å². The number of nitrogens with one attached hydrogen (secondary N) is 3. The van der Waals surface area contributed by atoms with Crippen LogP contribution in [-0.4, -0.2) is 83.3 Å². The van der Waals surface area contributed by atoms with E-state index in [2.05, 4.69) is 52.7 Å². The fourth-order valence-corrected chi connectivity index (χ4v) is 5.56. The number of H-pyrrole nitrogens is 1. The summed E-state index contributed by atoms with van der Waals surface area (Å²) < 4.78 is 4.22. The average molecular weight is 781 g/mol. The fraction of sp³-hybridized carbons (Fsp3) is 0.296. The zero-order valence-electron chi connectivity index (χ0n) is 26.0. The summed E-state index contributed by atoms with van der Waals surface area (Å²) in [6, 6.07) is 4.37. The summed E-state index contributed by atoms with van der Waals surface area (Å²) >= 11 is 6.26. The number of benzene rings is 1. The molecule has 3 heterocycles. The fourth-order valence-electron chi connectivity index (χ4n) is 4.49. The van der Waals surface area contributed by atoms with Gasteiger partial charge >= 0.3 is 0 Å². The summed E-state index contributed by atoms with van der Waals surface area (Å²) in [5.41, 5.74) is 3.21. The highest BCUT2D eigenvalue weighted by Crippen LogP contribution is 2.31. The van der Waals surface area contributed by atoms with Crippen molar-refractivity contribution < 1.29 is 14.7 Å². The van der Waals surface area contributed by atoms with Crippen molar-refractivity contribution in [2.75, 3.05) is 44.1 Å². The number of nitrogens with zero attached hydrogens (tertiary/aromatic N) is 7. The number of phenols is 1. The lowest BCUT2D eigenvalue weighted by atomic mass is 10.1. The third kappa shape index (κ3) is 6.45. The Hall–Kier alpha value is -5.11. The molecule has 4 aromatic rings. The van der Waals surface area contributed by atoms with Crippen molar-refractivity contribution in [2.24, 2.45) is 21.1 Å². The quantitative estimate of drug-likeness (QED) is 0.147. The standard InChI is InChI=1S/C27H31Br2N11O7/c1-35(2)23(43)12-8-7-9-13(20(12)41)31-18-15(29)25(45)39(6)40(27(18)47)11-10-36(3)26(46)19-16(30)21(37(4)33-19)32-17-14(28)24(44)38(5)34-22(17)42/h7-9,31-32,41H,10-11,30H2,1-6H3,(H,34,42). The van der Waals surface area contributed by atoms with E-state index in [9.17, 15) is 33.9 Å². The number of hydrogen-bond acceptors (Lipinski definition) is 11. The van der Waals surface area contributed by atoms with Crippen molar-refractivity contribution in [1.82, 2.24) is 38.7 Å². The summed E-state index contributed by atoms with van der Waals surface area (Å²) in [6.07, 6.45) is 0. The molecule has 2 amide bonds. The number of halogens is 2. The minimum atomic E-state index is -0.669. The normalized spacial score (nSPS) is 11.0. The second-order valence-corrected chi connectivity index (χ2v) is 12.1. The average Bonchev–Trinajstić information content (AvgIpc) is 3.31. The van der Waals surface area contributed by atoms with Crippen molar-refractivity contribution in [2.45, 2.75) is 6.54 Å². The van der Waals surface area contributed by atoms with E-state index in [1.165, 1.54) is 75.0 Å². The van der Waals surface area contributed by atoms with Gasteiger partial charge in [0.2, 0.25) is 0 Å². The van der Waals surface area contributed by atoms with Gasteiger partial charge in [0, 0.05) is 48.8 Å². The van der Waals surface area contributed by atoms with Gasteiger partial charge in [0.05, 0.1) is 17.8 Å². The lowest BCUT2D eigenvalue weighted by Crippen LogP contribution is -2.41. The third-order valence-electron chi connectivity index (χ3n) is 7.18. The van der Waals surface area contributed by atoms with Crippen LogP contribution in [0.1, 0.15) is 20.8 Å². The molecular weight excluding hydrogens is 750 g/mol. The van der Waals surface area contributed by atoms with Gasteiger partial charge in [-0.15, -0.1) is 0 Å². The Morgan fingerprint density at radius 1 is 0.957 bits per heavy atom. The van der Waals surface area contributed by atoms with Gasteiger partial charge in [-0.25, -0.2) is 14.0 Å². The molecule has 0 radical (unpaired) electrons. The molecule has 250 valence electrons. The Balaban J connectivity index is 1.60. The van der Waals surface area contributed by atoms with Crippen LogP contribution >= 0.6 is 31.9 Å². The van der Waals surface area contributed by atoms with Crippen molar-refractivity contribution in [3.8, 4) is 5.75 Å². The maximum atomic E-state index is 13.6. The molecule has 0 atom stereocenters. The SMILES string of the molecule is CN(C)C(=O)c1cccc(Nc2c(Br)c(=O)n(C)n(CCN(C)C(=O)c3nn(C)c(Nc4c(Br)c(=O)n(C)[nH]c4=O)c3N)c2=O)c1O. The van der Waals surface area contributed by atoms with Gasteiger partial charge in [-0.1, -0.05) is 6.07 Å². The number of phenolic OH excluding ortho intramolecular Hbond substituents is 1. The topological polar surface area (TPSA) is 228 Å². The smallest absolute Gasteiger partial charge is 0.290 e. The number of likely N-dealkylation sites (N-methyl/N-ethyl adjacent to an activating group) is 1. The van der Waals surface area contributed by atoms with E-state index in [1.54, 1.807) is 0 Å². The molecule has 6 N–H and O–H groups in total. The predicted molar refractivity (Wildman–Crippen MR) is 181 cm³/mol. The van der Waals surface area contributed by atoms with Crippen LogP contribution in [-0.2, 0) is 27.7 Å². The van der Waals surface area contributed by atoms with Crippen molar-refractivity contribution in [3.05, 3.63) is 79.8 Å². The van der Waals surface area contributed by atoms with E-state index in [-0.39, 0.29) is 61.9 Å². The minimum absolute atomic E-state index is 0.0139. The number of aromatic nitrogens is 6. The number of hydrogen-bond donors (Lipinski definition) is 5. The number of carbonyl (C=O) groups excluding carboxylic acids is 2. The predicted octanol–water partition coefficient (Wildman–Crippen LogP) is 0.442. The van der Waals surface area contributed by atoms with Crippen LogP contribution in [0.4, 0.5) is 28.6 Å². The Labute approximate surface area is 282 Å². The number of rotatable bonds is 9. The molecule has 0 aliphatic carbocycles. The molecular formula is C27H31Br2N11O7. The maximum absolute atomic E-state index is 13.6. The lowest BCUT2D eigenvalue weighted by Gasteiger charge is -2.20. The number of para-hydroxylation sites is 1. The molecule has 0 aliphatic rings. The van der Waals surface area contributed by atoms with Crippen molar-refractivity contribution in [3.63, 3.8) is 0 Å². The van der Waals surface area contributed by atoms with Crippen molar-refractivity contribution in [1.29, 1.82) is 0 Å². The third-order valence-corrected chi connectivity index (χ3v) is 8.65. The summed E-state index contributed by atoms with van der Waals surface area (Å²) in [7, 11) is 8.72.